The van der Waals surface area contributed by atoms with Gasteiger partial charge in [-0.3, -0.25) is 0 Å². The Balaban J connectivity index is 4.24. The number of ether oxygens (including phenoxy) is 1. The number of esters is 1. The second kappa shape index (κ2) is 3.58. The van der Waals surface area contributed by atoms with Gasteiger partial charge in [-0.05, 0) is 5.92 Å². The Morgan fingerprint density at radius 1 is 1.70 bits per heavy atom. The molecule has 0 fully saturated rings. The molecule has 4 heteroatoms. The van der Waals surface area contributed by atoms with E-state index in [0.29, 0.717) is 0 Å². The number of hydrogen-bond donors (Lipinski definition) is 0. The summed E-state index contributed by atoms with van der Waals surface area (Å²) in [5.41, 5.74) is 0. The van der Waals surface area contributed by atoms with E-state index in [-0.39, 0.29) is 5.92 Å². The van der Waals surface area contributed by atoms with Crippen LogP contribution in [0.25, 0.3) is 0 Å². The summed E-state index contributed by atoms with van der Waals surface area (Å²) in [7, 11) is 1.31. The number of carbonyl (C=O) groups is 1. The molecule has 0 bridgehead atoms. The van der Waals surface area contributed by atoms with Gasteiger partial charge in [0.25, 0.3) is 0 Å². The van der Waals surface area contributed by atoms with Gasteiger partial charge in [0, 0.05) is 0 Å². The van der Waals surface area contributed by atoms with Gasteiger partial charge in [-0.15, -0.1) is 0 Å². The minimum Gasteiger partial charge on any atom is -0.467 e. The zero-order valence-electron chi connectivity index (χ0n) is 6.15. The van der Waals surface area contributed by atoms with E-state index in [1.54, 1.807) is 0 Å². The van der Waals surface area contributed by atoms with Crippen molar-refractivity contribution in [2.75, 3.05) is 7.11 Å². The quantitative estimate of drug-likeness (QED) is 0.536. The summed E-state index contributed by atoms with van der Waals surface area (Å²) in [6.07, 6.45) is 0. The molecule has 0 amide bonds. The first-order chi connectivity index (χ1) is 4.42. The molecule has 0 heterocycles. The number of halogens is 2. The number of rotatable bonds is 2. The van der Waals surface area contributed by atoms with Crippen molar-refractivity contribution >= 4 is 33.5 Å². The van der Waals surface area contributed by atoms with Crippen LogP contribution >= 0.6 is 27.5 Å². The monoisotopic (exact) mass is 228 g/mol. The van der Waals surface area contributed by atoms with Gasteiger partial charge in [-0.1, -0.05) is 41.4 Å². The predicted octanol–water partition coefficient (Wildman–Crippen LogP) is 2.15. The average molecular weight is 230 g/mol. The minimum absolute atomic E-state index is 0.00150. The lowest BCUT2D eigenvalue weighted by Crippen LogP contribution is -2.32. The highest BCUT2D eigenvalue weighted by Crippen LogP contribution is 2.33. The Morgan fingerprint density at radius 3 is 2.20 bits per heavy atom. The lowest BCUT2D eigenvalue weighted by atomic mass is 10.1. The first-order valence-electron chi connectivity index (χ1n) is 2.89. The van der Waals surface area contributed by atoms with Gasteiger partial charge in [0.2, 0.25) is 0 Å². The summed E-state index contributed by atoms with van der Waals surface area (Å²) in [6.45, 7) is 3.66. The van der Waals surface area contributed by atoms with Gasteiger partial charge in [-0.25, -0.2) is 4.79 Å². The van der Waals surface area contributed by atoms with Crippen LogP contribution in [0, 0.1) is 5.92 Å². The molecule has 10 heavy (non-hydrogen) atoms. The van der Waals surface area contributed by atoms with E-state index in [2.05, 4.69) is 20.7 Å². The number of hydrogen-bond acceptors (Lipinski definition) is 2. The highest BCUT2D eigenvalue weighted by atomic mass is 79.9. The van der Waals surface area contributed by atoms with Crippen molar-refractivity contribution in [3.05, 3.63) is 0 Å². The first-order valence-corrected chi connectivity index (χ1v) is 4.06. The molecular formula is C6H10BrClO2. The Bertz CT molecular complexity index is 134. The van der Waals surface area contributed by atoms with Gasteiger partial charge in [0.05, 0.1) is 7.11 Å². The van der Waals surface area contributed by atoms with Crippen LogP contribution in [0.15, 0.2) is 0 Å². The van der Waals surface area contributed by atoms with Crippen molar-refractivity contribution in [2.45, 2.75) is 17.6 Å². The highest BCUT2D eigenvalue weighted by molar-refractivity contribution is 9.10. The van der Waals surface area contributed by atoms with Crippen LogP contribution in [0.2, 0.25) is 0 Å². The molecule has 0 N–H and O–H groups in total. The lowest BCUT2D eigenvalue weighted by molar-refractivity contribution is -0.141. The maximum atomic E-state index is 10.9. The van der Waals surface area contributed by atoms with Gasteiger partial charge >= 0.3 is 5.97 Å². The topological polar surface area (TPSA) is 26.3 Å². The van der Waals surface area contributed by atoms with Crippen LogP contribution in [0.1, 0.15) is 13.8 Å². The minimum atomic E-state index is -1.07. The van der Waals surface area contributed by atoms with Gasteiger partial charge in [0.15, 0.2) is 3.78 Å². The van der Waals surface area contributed by atoms with E-state index in [1.807, 2.05) is 13.8 Å². The third-order valence-corrected chi connectivity index (χ3v) is 3.01. The SMILES string of the molecule is COC(=O)C(Cl)(Br)C(C)C. The molecule has 0 rings (SSSR count). The standard InChI is InChI=1S/C6H10BrClO2/c1-4(2)6(7,8)5(9)10-3/h4H,1-3H3. The molecule has 0 saturated carbocycles. The molecule has 0 aliphatic heterocycles. The summed E-state index contributed by atoms with van der Waals surface area (Å²) in [6, 6.07) is 0. The maximum absolute atomic E-state index is 10.9. The van der Waals surface area contributed by atoms with Crippen LogP contribution < -0.4 is 0 Å². The summed E-state index contributed by atoms with van der Waals surface area (Å²) in [5.74, 6) is -0.453. The smallest absolute Gasteiger partial charge is 0.338 e. The molecule has 0 radical (unpaired) electrons. The number of carbonyl (C=O) groups excluding carboxylic acids is 1. The normalized spacial score (nSPS) is 16.6. The van der Waals surface area contributed by atoms with Gasteiger partial charge in [-0.2, -0.15) is 0 Å². The summed E-state index contributed by atoms with van der Waals surface area (Å²) >= 11 is 8.83. The molecule has 0 aromatic heterocycles. The van der Waals surface area contributed by atoms with E-state index in [1.165, 1.54) is 7.11 Å². The second-order valence-electron chi connectivity index (χ2n) is 2.27. The molecular weight excluding hydrogens is 219 g/mol. The third-order valence-electron chi connectivity index (χ3n) is 1.18. The van der Waals surface area contributed by atoms with Crippen molar-refractivity contribution in [2.24, 2.45) is 5.92 Å². The molecule has 0 aromatic rings. The molecule has 2 nitrogen and oxygen atoms in total. The second-order valence-corrected chi connectivity index (χ2v) is 4.57. The highest BCUT2D eigenvalue weighted by Gasteiger charge is 2.37. The fourth-order valence-corrected chi connectivity index (χ4v) is 0.611. The Kier molecular flexibility index (Phi) is 3.66. The number of alkyl halides is 2. The Labute approximate surface area is 74.0 Å². The molecule has 0 aliphatic rings. The van der Waals surface area contributed by atoms with Crippen molar-refractivity contribution in [1.29, 1.82) is 0 Å². The summed E-state index contributed by atoms with van der Waals surface area (Å²) in [5, 5.41) is 0. The molecule has 1 unspecified atom stereocenters. The Morgan fingerprint density at radius 2 is 2.10 bits per heavy atom. The first kappa shape index (κ1) is 10.2. The fourth-order valence-electron chi connectivity index (χ4n) is 0.372. The zero-order chi connectivity index (χ0) is 8.36. The van der Waals surface area contributed by atoms with E-state index in [0.717, 1.165) is 0 Å². The van der Waals surface area contributed by atoms with Crippen LogP contribution in [0.3, 0.4) is 0 Å². The van der Waals surface area contributed by atoms with E-state index >= 15 is 0 Å². The van der Waals surface area contributed by atoms with E-state index in [9.17, 15) is 4.79 Å². The van der Waals surface area contributed by atoms with E-state index < -0.39 is 9.75 Å². The Hall–Kier alpha value is 0.240. The summed E-state index contributed by atoms with van der Waals surface area (Å²) < 4.78 is 3.39. The molecule has 0 aromatic carbocycles. The van der Waals surface area contributed by atoms with Crippen molar-refractivity contribution in [3.63, 3.8) is 0 Å². The molecule has 1 atom stereocenters. The fraction of sp³-hybridized carbons (Fsp3) is 0.833. The van der Waals surface area contributed by atoms with Crippen molar-refractivity contribution in [1.82, 2.24) is 0 Å². The zero-order valence-corrected chi connectivity index (χ0v) is 8.49. The third kappa shape index (κ3) is 2.13. The van der Waals surface area contributed by atoms with Crippen LogP contribution in [-0.2, 0) is 9.53 Å². The van der Waals surface area contributed by atoms with E-state index in [4.69, 9.17) is 11.6 Å². The molecule has 0 aliphatic carbocycles. The largest absolute Gasteiger partial charge is 0.467 e. The summed E-state index contributed by atoms with van der Waals surface area (Å²) in [4.78, 5) is 10.9. The van der Waals surface area contributed by atoms with Gasteiger partial charge < -0.3 is 4.74 Å². The molecule has 0 spiro atoms. The van der Waals surface area contributed by atoms with Crippen LogP contribution in [0.5, 0.6) is 0 Å². The van der Waals surface area contributed by atoms with Crippen LogP contribution in [-0.4, -0.2) is 16.9 Å². The average Bonchev–Trinajstić information content (AvgIpc) is 1.86. The number of methoxy groups -OCH3 is 1. The predicted molar refractivity (Wildman–Crippen MR) is 44.4 cm³/mol. The maximum Gasteiger partial charge on any atom is 0.338 e. The van der Waals surface area contributed by atoms with Crippen LogP contribution in [0.4, 0.5) is 0 Å². The molecule has 0 saturated heterocycles. The molecule has 60 valence electrons. The van der Waals surface area contributed by atoms with Crippen molar-refractivity contribution < 1.29 is 9.53 Å². The van der Waals surface area contributed by atoms with Crippen molar-refractivity contribution in [3.8, 4) is 0 Å². The lowest BCUT2D eigenvalue weighted by Gasteiger charge is -2.20. The van der Waals surface area contributed by atoms with Gasteiger partial charge in [0.1, 0.15) is 0 Å².